The molecule has 2 heterocycles. The molecule has 7 heteroatoms. The van der Waals surface area contributed by atoms with E-state index >= 15 is 0 Å². The minimum Gasteiger partial charge on any atom is -0.309 e. The Morgan fingerprint density at radius 1 is 1.36 bits per heavy atom. The predicted octanol–water partition coefficient (Wildman–Crippen LogP) is 2.60. The normalized spacial score (nSPS) is 11.2. The number of aryl methyl sites for hydroxylation is 2. The van der Waals surface area contributed by atoms with Crippen molar-refractivity contribution in [3.05, 3.63) is 68.4 Å². The lowest BCUT2D eigenvalue weighted by atomic mass is 10.2. The number of benzene rings is 1. The molecule has 25 heavy (non-hydrogen) atoms. The van der Waals surface area contributed by atoms with Gasteiger partial charge in [0, 0.05) is 19.3 Å². The Hall–Kier alpha value is -2.54. The number of H-pyrrole nitrogens is 1. The summed E-state index contributed by atoms with van der Waals surface area (Å²) < 4.78 is 3.19. The summed E-state index contributed by atoms with van der Waals surface area (Å²) in [4.78, 5) is 31.1. The highest BCUT2D eigenvalue weighted by Crippen LogP contribution is 2.26. The van der Waals surface area contributed by atoms with Crippen molar-refractivity contribution in [3.8, 4) is 0 Å². The second-order valence-corrected chi connectivity index (χ2v) is 7.15. The van der Waals surface area contributed by atoms with E-state index in [-0.39, 0.29) is 0 Å². The van der Waals surface area contributed by atoms with Crippen molar-refractivity contribution in [1.29, 1.82) is 0 Å². The lowest BCUT2D eigenvalue weighted by Crippen LogP contribution is -2.29. The maximum atomic E-state index is 12.3. The highest BCUT2D eigenvalue weighted by molar-refractivity contribution is 7.98. The monoisotopic (exact) mass is 356 g/mol. The van der Waals surface area contributed by atoms with E-state index in [2.05, 4.69) is 41.7 Å². The van der Waals surface area contributed by atoms with Gasteiger partial charge in [0.2, 0.25) is 0 Å². The highest BCUT2D eigenvalue weighted by atomic mass is 32.2. The van der Waals surface area contributed by atoms with E-state index in [4.69, 9.17) is 0 Å². The van der Waals surface area contributed by atoms with Crippen LogP contribution in [0.2, 0.25) is 0 Å². The summed E-state index contributed by atoms with van der Waals surface area (Å²) in [6, 6.07) is 8.27. The molecule has 0 aliphatic heterocycles. The number of aromatic amines is 1. The quantitative estimate of drug-likeness (QED) is 0.563. The van der Waals surface area contributed by atoms with Crippen molar-refractivity contribution >= 4 is 22.9 Å². The zero-order valence-corrected chi connectivity index (χ0v) is 15.3. The van der Waals surface area contributed by atoms with Gasteiger partial charge in [-0.3, -0.25) is 14.3 Å². The van der Waals surface area contributed by atoms with Crippen LogP contribution in [0, 0.1) is 6.92 Å². The third kappa shape index (κ3) is 3.46. The fraction of sp³-hybridized carbons (Fsp3) is 0.278. The Labute approximate surface area is 149 Å². The second kappa shape index (κ2) is 6.76. The SMILES string of the molecule is C=C(C)Cn1c(SCc2cccc(C)c2)nc2c1c(=O)[nH]c(=O)n2C. The molecule has 6 nitrogen and oxygen atoms in total. The molecule has 0 bridgehead atoms. The second-order valence-electron chi connectivity index (χ2n) is 6.21. The number of fused-ring (bicyclic) bond motifs is 1. The molecule has 0 fully saturated rings. The van der Waals surface area contributed by atoms with Crippen LogP contribution in [0.1, 0.15) is 18.1 Å². The van der Waals surface area contributed by atoms with Crippen molar-refractivity contribution in [1.82, 2.24) is 19.1 Å². The van der Waals surface area contributed by atoms with Crippen molar-refractivity contribution in [3.63, 3.8) is 0 Å². The van der Waals surface area contributed by atoms with Crippen molar-refractivity contribution in [2.75, 3.05) is 0 Å². The highest BCUT2D eigenvalue weighted by Gasteiger charge is 2.17. The fourth-order valence-corrected chi connectivity index (χ4v) is 3.63. The molecule has 0 aliphatic carbocycles. The molecule has 1 N–H and O–H groups in total. The molecule has 3 rings (SSSR count). The molecule has 2 aromatic heterocycles. The predicted molar refractivity (Wildman–Crippen MR) is 101 cm³/mol. The molecule has 0 spiro atoms. The van der Waals surface area contributed by atoms with Crippen LogP contribution < -0.4 is 11.2 Å². The smallest absolute Gasteiger partial charge is 0.309 e. The summed E-state index contributed by atoms with van der Waals surface area (Å²) >= 11 is 1.54. The number of nitrogens with one attached hydrogen (secondary N) is 1. The van der Waals surface area contributed by atoms with Crippen LogP contribution in [-0.4, -0.2) is 19.1 Å². The maximum absolute atomic E-state index is 12.3. The first kappa shape index (κ1) is 17.3. The molecule has 3 aromatic rings. The minimum atomic E-state index is -0.465. The minimum absolute atomic E-state index is 0.391. The molecule has 0 atom stereocenters. The van der Waals surface area contributed by atoms with Crippen LogP contribution in [0.15, 0.2) is 51.2 Å². The van der Waals surface area contributed by atoms with Gasteiger partial charge < -0.3 is 4.57 Å². The van der Waals surface area contributed by atoms with E-state index in [1.807, 2.05) is 17.6 Å². The Morgan fingerprint density at radius 2 is 2.12 bits per heavy atom. The van der Waals surface area contributed by atoms with E-state index in [1.54, 1.807) is 18.8 Å². The van der Waals surface area contributed by atoms with Crippen molar-refractivity contribution in [2.45, 2.75) is 31.3 Å². The van der Waals surface area contributed by atoms with Crippen LogP contribution in [0.4, 0.5) is 0 Å². The average molecular weight is 356 g/mol. The molecule has 0 saturated heterocycles. The largest absolute Gasteiger partial charge is 0.329 e. The number of thioether (sulfide) groups is 1. The molecule has 130 valence electrons. The van der Waals surface area contributed by atoms with Crippen LogP contribution in [0.5, 0.6) is 0 Å². The standard InChI is InChI=1S/C18H20N4O2S/c1-11(2)9-22-14-15(21(4)17(24)20-16(14)23)19-18(22)25-10-13-7-5-6-12(3)8-13/h5-8H,1,9-10H2,2-4H3,(H,20,23,24). The lowest BCUT2D eigenvalue weighted by Gasteiger charge is -2.08. The zero-order chi connectivity index (χ0) is 18.1. The molecule has 0 unspecified atom stereocenters. The molecule has 1 aromatic carbocycles. The first-order valence-corrected chi connectivity index (χ1v) is 8.87. The van der Waals surface area contributed by atoms with Crippen molar-refractivity contribution in [2.24, 2.45) is 7.05 Å². The molecular weight excluding hydrogens is 336 g/mol. The Balaban J connectivity index is 2.08. The summed E-state index contributed by atoms with van der Waals surface area (Å²) in [5, 5.41) is 0.700. The third-order valence-electron chi connectivity index (χ3n) is 3.85. The van der Waals surface area contributed by atoms with E-state index in [1.165, 1.54) is 15.7 Å². The summed E-state index contributed by atoms with van der Waals surface area (Å²) in [5.41, 5.74) is 3.19. The van der Waals surface area contributed by atoms with Crippen molar-refractivity contribution < 1.29 is 0 Å². The van der Waals surface area contributed by atoms with Gasteiger partial charge in [0.15, 0.2) is 16.3 Å². The average Bonchev–Trinajstić information content (AvgIpc) is 2.89. The van der Waals surface area contributed by atoms with Crippen LogP contribution >= 0.6 is 11.8 Å². The third-order valence-corrected chi connectivity index (χ3v) is 4.90. The summed E-state index contributed by atoms with van der Waals surface area (Å²) in [5.74, 6) is 0.729. The molecule has 0 saturated carbocycles. The lowest BCUT2D eigenvalue weighted by molar-refractivity contribution is 0.719. The van der Waals surface area contributed by atoms with Gasteiger partial charge in [-0.25, -0.2) is 9.78 Å². The van der Waals surface area contributed by atoms with Gasteiger partial charge in [0.05, 0.1) is 0 Å². The Morgan fingerprint density at radius 3 is 2.80 bits per heavy atom. The van der Waals surface area contributed by atoms with Crippen LogP contribution in [0.25, 0.3) is 11.2 Å². The zero-order valence-electron chi connectivity index (χ0n) is 14.5. The van der Waals surface area contributed by atoms with Gasteiger partial charge in [0.25, 0.3) is 5.56 Å². The number of nitrogens with zero attached hydrogens (tertiary/aromatic N) is 3. The van der Waals surface area contributed by atoms with Gasteiger partial charge in [-0.2, -0.15) is 0 Å². The van der Waals surface area contributed by atoms with Gasteiger partial charge in [-0.1, -0.05) is 53.7 Å². The number of aromatic nitrogens is 4. The number of hydrogen-bond donors (Lipinski definition) is 1. The van der Waals surface area contributed by atoms with Crippen LogP contribution in [-0.2, 0) is 19.3 Å². The summed E-state index contributed by atoms with van der Waals surface area (Å²) in [6.07, 6.45) is 0. The molecule has 0 radical (unpaired) electrons. The van der Waals surface area contributed by atoms with Gasteiger partial charge >= 0.3 is 5.69 Å². The van der Waals surface area contributed by atoms with E-state index < -0.39 is 11.2 Å². The van der Waals surface area contributed by atoms with E-state index in [0.717, 1.165) is 11.3 Å². The topological polar surface area (TPSA) is 72.7 Å². The number of hydrogen-bond acceptors (Lipinski definition) is 4. The Kier molecular flexibility index (Phi) is 4.67. The summed E-state index contributed by atoms with van der Waals surface area (Å²) in [6.45, 7) is 8.37. The molecule has 0 aliphatic rings. The van der Waals surface area contributed by atoms with Crippen LogP contribution in [0.3, 0.4) is 0 Å². The number of imidazole rings is 1. The first-order valence-electron chi connectivity index (χ1n) is 7.89. The number of rotatable bonds is 5. The van der Waals surface area contributed by atoms with E-state index in [0.29, 0.717) is 22.9 Å². The fourth-order valence-electron chi connectivity index (χ4n) is 2.69. The maximum Gasteiger partial charge on any atom is 0.329 e. The summed E-state index contributed by atoms with van der Waals surface area (Å²) in [7, 11) is 1.60. The first-order chi connectivity index (χ1) is 11.9. The molecule has 0 amide bonds. The van der Waals surface area contributed by atoms with Gasteiger partial charge in [-0.05, 0) is 19.4 Å². The molecular formula is C18H20N4O2S. The van der Waals surface area contributed by atoms with Gasteiger partial charge in [0.1, 0.15) is 0 Å². The Bertz CT molecular complexity index is 1070. The van der Waals surface area contributed by atoms with E-state index in [9.17, 15) is 9.59 Å². The van der Waals surface area contributed by atoms with Gasteiger partial charge in [-0.15, -0.1) is 0 Å². The number of allylic oxidation sites excluding steroid dienone is 1.